The number of alkyl halides is 1. The summed E-state index contributed by atoms with van der Waals surface area (Å²) >= 11 is 12.5. The van der Waals surface area contributed by atoms with Crippen molar-refractivity contribution in [1.29, 1.82) is 0 Å². The summed E-state index contributed by atoms with van der Waals surface area (Å²) in [4.78, 5) is 0. The highest BCUT2D eigenvalue weighted by Crippen LogP contribution is 2.30. The SMILES string of the molecule is Cc1cc(S(=O)(=O)NC(C)CCCCl)sc1Cl. The fourth-order valence-electron chi connectivity index (χ4n) is 1.33. The summed E-state index contributed by atoms with van der Waals surface area (Å²) in [7, 11) is -3.45. The van der Waals surface area contributed by atoms with Crippen LogP contribution in [0.3, 0.4) is 0 Å². The lowest BCUT2D eigenvalue weighted by Gasteiger charge is -2.12. The van der Waals surface area contributed by atoms with Gasteiger partial charge in [-0.05, 0) is 38.3 Å². The Morgan fingerprint density at radius 2 is 2.18 bits per heavy atom. The van der Waals surface area contributed by atoms with E-state index in [4.69, 9.17) is 23.2 Å². The van der Waals surface area contributed by atoms with E-state index in [2.05, 4.69) is 4.72 Å². The van der Waals surface area contributed by atoms with E-state index in [1.165, 1.54) is 0 Å². The van der Waals surface area contributed by atoms with Gasteiger partial charge in [0, 0.05) is 11.9 Å². The summed E-state index contributed by atoms with van der Waals surface area (Å²) in [5.41, 5.74) is 0.783. The van der Waals surface area contributed by atoms with E-state index in [9.17, 15) is 8.42 Å². The second-order valence-electron chi connectivity index (χ2n) is 3.88. The van der Waals surface area contributed by atoms with Gasteiger partial charge in [-0.25, -0.2) is 13.1 Å². The monoisotopic (exact) mass is 315 g/mol. The molecule has 0 aliphatic carbocycles. The average Bonchev–Trinajstić information content (AvgIpc) is 2.56. The number of hydrogen-bond acceptors (Lipinski definition) is 3. The van der Waals surface area contributed by atoms with E-state index in [1.54, 1.807) is 13.0 Å². The van der Waals surface area contributed by atoms with Crippen molar-refractivity contribution in [3.8, 4) is 0 Å². The predicted octanol–water partition coefficient (Wildman–Crippen LogP) is 3.40. The molecule has 0 spiro atoms. The third kappa shape index (κ3) is 4.41. The first-order valence-electron chi connectivity index (χ1n) is 5.21. The van der Waals surface area contributed by atoms with Gasteiger partial charge in [-0.2, -0.15) is 0 Å². The third-order valence-electron chi connectivity index (χ3n) is 2.23. The standard InChI is InChI=1S/C10H15Cl2NO2S2/c1-7-6-9(16-10(7)12)17(14,15)13-8(2)4-3-5-11/h6,8,13H,3-5H2,1-2H3. The van der Waals surface area contributed by atoms with Crippen molar-refractivity contribution in [2.24, 2.45) is 0 Å². The van der Waals surface area contributed by atoms with Crippen molar-refractivity contribution >= 4 is 44.6 Å². The lowest BCUT2D eigenvalue weighted by Crippen LogP contribution is -2.32. The number of aryl methyl sites for hydroxylation is 1. The molecular formula is C10H15Cl2NO2S2. The van der Waals surface area contributed by atoms with Crippen molar-refractivity contribution in [1.82, 2.24) is 4.72 Å². The first-order chi connectivity index (χ1) is 7.86. The molecule has 17 heavy (non-hydrogen) atoms. The van der Waals surface area contributed by atoms with Crippen molar-refractivity contribution in [3.05, 3.63) is 16.0 Å². The molecule has 0 saturated heterocycles. The fraction of sp³-hybridized carbons (Fsp3) is 0.600. The van der Waals surface area contributed by atoms with Crippen molar-refractivity contribution in [3.63, 3.8) is 0 Å². The van der Waals surface area contributed by atoms with Crippen LogP contribution in [0.1, 0.15) is 25.3 Å². The lowest BCUT2D eigenvalue weighted by molar-refractivity contribution is 0.546. The summed E-state index contributed by atoms with van der Waals surface area (Å²) in [6.07, 6.45) is 1.51. The molecular weight excluding hydrogens is 301 g/mol. The van der Waals surface area contributed by atoms with Gasteiger partial charge < -0.3 is 0 Å². The van der Waals surface area contributed by atoms with E-state index in [0.717, 1.165) is 29.7 Å². The molecule has 0 amide bonds. The van der Waals surface area contributed by atoms with Crippen LogP contribution in [0.5, 0.6) is 0 Å². The van der Waals surface area contributed by atoms with Gasteiger partial charge in [0.2, 0.25) is 10.0 Å². The summed E-state index contributed by atoms with van der Waals surface area (Å²) in [6.45, 7) is 3.61. The van der Waals surface area contributed by atoms with Crippen LogP contribution in [0.2, 0.25) is 4.34 Å². The molecule has 0 radical (unpaired) electrons. The predicted molar refractivity (Wildman–Crippen MR) is 73.8 cm³/mol. The smallest absolute Gasteiger partial charge is 0.208 e. The molecule has 0 bridgehead atoms. The second-order valence-corrected chi connectivity index (χ2v) is 7.85. The van der Waals surface area contributed by atoms with Crippen LogP contribution >= 0.6 is 34.5 Å². The molecule has 1 unspecified atom stereocenters. The third-order valence-corrected chi connectivity index (χ3v) is 6.11. The summed E-state index contributed by atoms with van der Waals surface area (Å²) in [5.74, 6) is 0.538. The van der Waals surface area contributed by atoms with Crippen molar-refractivity contribution in [2.75, 3.05) is 5.88 Å². The van der Waals surface area contributed by atoms with Gasteiger partial charge in [0.25, 0.3) is 0 Å². The van der Waals surface area contributed by atoms with Gasteiger partial charge in [0.05, 0.1) is 4.34 Å². The number of thiophene rings is 1. The number of sulfonamides is 1. The highest BCUT2D eigenvalue weighted by molar-refractivity contribution is 7.91. The minimum absolute atomic E-state index is 0.125. The van der Waals surface area contributed by atoms with Crippen molar-refractivity contribution in [2.45, 2.75) is 36.9 Å². The van der Waals surface area contributed by atoms with Crippen LogP contribution in [0.15, 0.2) is 10.3 Å². The van der Waals surface area contributed by atoms with Gasteiger partial charge in [0.15, 0.2) is 0 Å². The summed E-state index contributed by atoms with van der Waals surface area (Å²) < 4.78 is 27.3. The Morgan fingerprint density at radius 1 is 1.53 bits per heavy atom. The van der Waals surface area contributed by atoms with Gasteiger partial charge in [-0.15, -0.1) is 22.9 Å². The Bertz CT molecular complexity index is 451. The van der Waals surface area contributed by atoms with Gasteiger partial charge in [-0.3, -0.25) is 0 Å². The molecule has 1 aromatic heterocycles. The zero-order valence-corrected chi connectivity index (χ0v) is 12.8. The minimum atomic E-state index is -3.45. The first-order valence-corrected chi connectivity index (χ1v) is 8.42. The Kier molecular flexibility index (Phi) is 5.73. The Morgan fingerprint density at radius 3 is 2.65 bits per heavy atom. The van der Waals surface area contributed by atoms with E-state index in [1.807, 2.05) is 6.92 Å². The van der Waals surface area contributed by atoms with Crippen LogP contribution in [0.4, 0.5) is 0 Å². The largest absolute Gasteiger partial charge is 0.250 e. The molecule has 0 aliphatic rings. The van der Waals surface area contributed by atoms with Crippen LogP contribution in [0.25, 0.3) is 0 Å². The van der Waals surface area contributed by atoms with E-state index >= 15 is 0 Å². The van der Waals surface area contributed by atoms with Crippen LogP contribution < -0.4 is 4.72 Å². The maximum Gasteiger partial charge on any atom is 0.250 e. The highest BCUT2D eigenvalue weighted by atomic mass is 35.5. The molecule has 1 N–H and O–H groups in total. The zero-order chi connectivity index (χ0) is 13.1. The molecule has 7 heteroatoms. The maximum absolute atomic E-state index is 12.0. The molecule has 98 valence electrons. The Balaban J connectivity index is 2.75. The molecule has 1 rings (SSSR count). The molecule has 1 heterocycles. The number of hydrogen-bond donors (Lipinski definition) is 1. The quantitative estimate of drug-likeness (QED) is 0.818. The topological polar surface area (TPSA) is 46.2 Å². The first kappa shape index (κ1) is 15.2. The molecule has 0 aliphatic heterocycles. The van der Waals surface area contributed by atoms with E-state index in [-0.39, 0.29) is 10.3 Å². The van der Waals surface area contributed by atoms with Gasteiger partial charge in [-0.1, -0.05) is 11.6 Å². The van der Waals surface area contributed by atoms with Crippen LogP contribution in [0, 0.1) is 6.92 Å². The minimum Gasteiger partial charge on any atom is -0.208 e. The number of rotatable bonds is 6. The van der Waals surface area contributed by atoms with Crippen molar-refractivity contribution < 1.29 is 8.42 Å². The Hall–Kier alpha value is 0.190. The molecule has 0 aromatic carbocycles. The fourth-order valence-corrected chi connectivity index (χ4v) is 4.49. The zero-order valence-electron chi connectivity index (χ0n) is 9.66. The lowest BCUT2D eigenvalue weighted by atomic mass is 10.2. The summed E-state index contributed by atoms with van der Waals surface area (Å²) in [5, 5.41) is 0. The number of halogens is 2. The van der Waals surface area contributed by atoms with Gasteiger partial charge in [0.1, 0.15) is 4.21 Å². The van der Waals surface area contributed by atoms with E-state index < -0.39 is 10.0 Å². The van der Waals surface area contributed by atoms with E-state index in [0.29, 0.717) is 10.2 Å². The second kappa shape index (κ2) is 6.38. The summed E-state index contributed by atoms with van der Waals surface area (Å²) in [6, 6.07) is 1.46. The molecule has 0 saturated carbocycles. The highest BCUT2D eigenvalue weighted by Gasteiger charge is 2.20. The molecule has 1 aromatic rings. The normalized spacial score (nSPS) is 13.9. The maximum atomic E-state index is 12.0. The molecule has 3 nitrogen and oxygen atoms in total. The van der Waals surface area contributed by atoms with Crippen LogP contribution in [-0.2, 0) is 10.0 Å². The molecule has 0 fully saturated rings. The molecule has 1 atom stereocenters. The Labute approximate surface area is 116 Å². The average molecular weight is 316 g/mol. The van der Waals surface area contributed by atoms with Crippen LogP contribution in [-0.4, -0.2) is 20.3 Å². The number of nitrogens with one attached hydrogen (secondary N) is 1. The van der Waals surface area contributed by atoms with Gasteiger partial charge >= 0.3 is 0 Å².